The van der Waals surface area contributed by atoms with Crippen LogP contribution in [0.2, 0.25) is 0 Å². The molecule has 0 aromatic carbocycles. The highest BCUT2D eigenvalue weighted by molar-refractivity contribution is 7.99. The Hall–Kier alpha value is 0.310. The Bertz CT molecular complexity index is 127. The first-order valence-electron chi connectivity index (χ1n) is 5.64. The Labute approximate surface area is 87.1 Å². The molecule has 0 aromatic rings. The van der Waals surface area contributed by atoms with E-state index >= 15 is 0 Å². The SMILES string of the molecule is CCSCCCNC1CCC(C)C1. The number of nitrogens with one attached hydrogen (secondary N) is 1. The van der Waals surface area contributed by atoms with Gasteiger partial charge in [0.05, 0.1) is 0 Å². The molecule has 2 heteroatoms. The summed E-state index contributed by atoms with van der Waals surface area (Å²) in [5, 5.41) is 3.66. The van der Waals surface area contributed by atoms with Crippen LogP contribution in [0.15, 0.2) is 0 Å². The second-order valence-corrected chi connectivity index (χ2v) is 5.51. The lowest BCUT2D eigenvalue weighted by molar-refractivity contribution is 0.503. The van der Waals surface area contributed by atoms with Crippen LogP contribution in [-0.4, -0.2) is 24.1 Å². The van der Waals surface area contributed by atoms with Gasteiger partial charge >= 0.3 is 0 Å². The van der Waals surface area contributed by atoms with E-state index in [0.29, 0.717) is 0 Å². The summed E-state index contributed by atoms with van der Waals surface area (Å²) in [4.78, 5) is 0. The van der Waals surface area contributed by atoms with Crippen molar-refractivity contribution in [1.82, 2.24) is 5.32 Å². The molecule has 0 heterocycles. The van der Waals surface area contributed by atoms with Crippen LogP contribution in [0.25, 0.3) is 0 Å². The zero-order valence-corrected chi connectivity index (χ0v) is 9.83. The van der Waals surface area contributed by atoms with Crippen LogP contribution >= 0.6 is 11.8 Å². The number of hydrogen-bond donors (Lipinski definition) is 1. The molecular formula is C11H23NS. The Morgan fingerprint density at radius 1 is 1.38 bits per heavy atom. The summed E-state index contributed by atoms with van der Waals surface area (Å²) in [6, 6.07) is 0.835. The number of rotatable bonds is 6. The molecule has 0 saturated heterocycles. The molecule has 1 aliphatic carbocycles. The van der Waals surface area contributed by atoms with Crippen molar-refractivity contribution < 1.29 is 0 Å². The fraction of sp³-hybridized carbons (Fsp3) is 1.00. The molecule has 13 heavy (non-hydrogen) atoms. The zero-order chi connectivity index (χ0) is 9.52. The molecule has 78 valence electrons. The van der Waals surface area contributed by atoms with Crippen molar-refractivity contribution in [3.05, 3.63) is 0 Å². The summed E-state index contributed by atoms with van der Waals surface area (Å²) in [5.41, 5.74) is 0. The summed E-state index contributed by atoms with van der Waals surface area (Å²) in [5.74, 6) is 3.55. The lowest BCUT2D eigenvalue weighted by Gasteiger charge is -2.11. The van der Waals surface area contributed by atoms with Crippen LogP contribution in [0.3, 0.4) is 0 Å². The lowest BCUT2D eigenvalue weighted by Crippen LogP contribution is -2.27. The van der Waals surface area contributed by atoms with E-state index in [4.69, 9.17) is 0 Å². The minimum Gasteiger partial charge on any atom is -0.314 e. The third-order valence-corrected chi connectivity index (χ3v) is 3.78. The molecule has 1 rings (SSSR count). The molecule has 0 spiro atoms. The van der Waals surface area contributed by atoms with Gasteiger partial charge in [0.2, 0.25) is 0 Å². The van der Waals surface area contributed by atoms with E-state index in [1.165, 1.54) is 43.7 Å². The second kappa shape index (κ2) is 6.72. The van der Waals surface area contributed by atoms with Crippen LogP contribution in [0.5, 0.6) is 0 Å². The predicted octanol–water partition coefficient (Wildman–Crippen LogP) is 2.91. The van der Waals surface area contributed by atoms with Crippen molar-refractivity contribution in [2.75, 3.05) is 18.1 Å². The highest BCUT2D eigenvalue weighted by atomic mass is 32.2. The summed E-state index contributed by atoms with van der Waals surface area (Å²) in [6.45, 7) is 5.83. The van der Waals surface area contributed by atoms with Crippen molar-refractivity contribution >= 4 is 11.8 Å². The van der Waals surface area contributed by atoms with Crippen molar-refractivity contribution in [3.8, 4) is 0 Å². The Balaban J connectivity index is 1.88. The fourth-order valence-electron chi connectivity index (χ4n) is 2.02. The Kier molecular flexibility index (Phi) is 5.88. The quantitative estimate of drug-likeness (QED) is 0.663. The molecule has 1 saturated carbocycles. The van der Waals surface area contributed by atoms with Gasteiger partial charge in [-0.3, -0.25) is 0 Å². The first-order valence-corrected chi connectivity index (χ1v) is 6.79. The van der Waals surface area contributed by atoms with Crippen molar-refractivity contribution in [1.29, 1.82) is 0 Å². The summed E-state index contributed by atoms with van der Waals surface area (Å²) in [6.07, 6.45) is 5.58. The molecule has 1 nitrogen and oxygen atoms in total. The van der Waals surface area contributed by atoms with E-state index in [1.807, 2.05) is 0 Å². The van der Waals surface area contributed by atoms with Crippen LogP contribution in [-0.2, 0) is 0 Å². The number of hydrogen-bond acceptors (Lipinski definition) is 2. The zero-order valence-electron chi connectivity index (χ0n) is 9.01. The Morgan fingerprint density at radius 3 is 2.85 bits per heavy atom. The minimum absolute atomic E-state index is 0.835. The van der Waals surface area contributed by atoms with E-state index in [1.54, 1.807) is 0 Å². The molecule has 0 aliphatic heterocycles. The van der Waals surface area contributed by atoms with Crippen LogP contribution in [0.4, 0.5) is 0 Å². The first kappa shape index (κ1) is 11.4. The maximum absolute atomic E-state index is 3.66. The third kappa shape index (κ3) is 4.92. The van der Waals surface area contributed by atoms with Gasteiger partial charge in [-0.25, -0.2) is 0 Å². The summed E-state index contributed by atoms with van der Waals surface area (Å²) < 4.78 is 0. The van der Waals surface area contributed by atoms with Gasteiger partial charge in [-0.15, -0.1) is 0 Å². The molecule has 0 radical (unpaired) electrons. The average molecular weight is 201 g/mol. The van der Waals surface area contributed by atoms with Crippen molar-refractivity contribution in [3.63, 3.8) is 0 Å². The molecule has 1 N–H and O–H groups in total. The predicted molar refractivity (Wildman–Crippen MR) is 62.4 cm³/mol. The molecule has 0 aromatic heterocycles. The maximum Gasteiger partial charge on any atom is 0.00697 e. The third-order valence-electron chi connectivity index (χ3n) is 2.80. The normalized spacial score (nSPS) is 28.2. The highest BCUT2D eigenvalue weighted by Crippen LogP contribution is 2.24. The van der Waals surface area contributed by atoms with Crippen molar-refractivity contribution in [2.45, 2.75) is 45.6 Å². The van der Waals surface area contributed by atoms with E-state index in [9.17, 15) is 0 Å². The fourth-order valence-corrected chi connectivity index (χ4v) is 2.65. The van der Waals surface area contributed by atoms with Crippen molar-refractivity contribution in [2.24, 2.45) is 5.92 Å². The molecule has 2 unspecified atom stereocenters. The van der Waals surface area contributed by atoms with E-state index in [0.717, 1.165) is 12.0 Å². The van der Waals surface area contributed by atoms with Gasteiger partial charge < -0.3 is 5.32 Å². The number of thioether (sulfide) groups is 1. The minimum atomic E-state index is 0.835. The summed E-state index contributed by atoms with van der Waals surface area (Å²) >= 11 is 2.05. The largest absolute Gasteiger partial charge is 0.314 e. The second-order valence-electron chi connectivity index (χ2n) is 4.12. The van der Waals surface area contributed by atoms with Crippen LogP contribution < -0.4 is 5.32 Å². The van der Waals surface area contributed by atoms with Gasteiger partial charge in [0.1, 0.15) is 0 Å². The van der Waals surface area contributed by atoms with Gasteiger partial charge in [-0.1, -0.05) is 13.8 Å². The van der Waals surface area contributed by atoms with E-state index < -0.39 is 0 Å². The Morgan fingerprint density at radius 2 is 2.23 bits per heavy atom. The van der Waals surface area contributed by atoms with Gasteiger partial charge in [-0.05, 0) is 49.7 Å². The van der Waals surface area contributed by atoms with Gasteiger partial charge in [0, 0.05) is 6.04 Å². The molecule has 0 amide bonds. The molecular weight excluding hydrogens is 178 g/mol. The molecule has 0 bridgehead atoms. The standard InChI is InChI=1S/C11H23NS/c1-3-13-8-4-7-12-11-6-5-10(2)9-11/h10-12H,3-9H2,1-2H3. The smallest absolute Gasteiger partial charge is 0.00697 e. The maximum atomic E-state index is 3.66. The topological polar surface area (TPSA) is 12.0 Å². The first-order chi connectivity index (χ1) is 6.33. The van der Waals surface area contributed by atoms with Gasteiger partial charge in [-0.2, -0.15) is 11.8 Å². The molecule has 2 atom stereocenters. The van der Waals surface area contributed by atoms with Crippen LogP contribution in [0, 0.1) is 5.92 Å². The average Bonchev–Trinajstić information content (AvgIpc) is 2.51. The van der Waals surface area contributed by atoms with E-state index in [-0.39, 0.29) is 0 Å². The monoisotopic (exact) mass is 201 g/mol. The van der Waals surface area contributed by atoms with Gasteiger partial charge in [0.15, 0.2) is 0 Å². The highest BCUT2D eigenvalue weighted by Gasteiger charge is 2.19. The molecule has 1 fully saturated rings. The van der Waals surface area contributed by atoms with Crippen LogP contribution in [0.1, 0.15) is 39.5 Å². The lowest BCUT2D eigenvalue weighted by atomic mass is 10.1. The van der Waals surface area contributed by atoms with E-state index in [2.05, 4.69) is 30.9 Å². The summed E-state index contributed by atoms with van der Waals surface area (Å²) in [7, 11) is 0. The van der Waals surface area contributed by atoms with Gasteiger partial charge in [0.25, 0.3) is 0 Å². The molecule has 1 aliphatic rings.